The van der Waals surface area contributed by atoms with Crippen molar-refractivity contribution in [3.05, 3.63) is 59.8 Å². The van der Waals surface area contributed by atoms with Crippen molar-refractivity contribution < 1.29 is 4.43 Å². The van der Waals surface area contributed by atoms with Gasteiger partial charge in [0.2, 0.25) is 0 Å². The van der Waals surface area contributed by atoms with Gasteiger partial charge in [-0.05, 0) is 72.8 Å². The largest absolute Gasteiger partial charge is 0.410 e. The minimum atomic E-state index is -1.84. The zero-order valence-corrected chi connectivity index (χ0v) is 19.1. The van der Waals surface area contributed by atoms with Crippen LogP contribution in [0.15, 0.2) is 48.7 Å². The number of nitrogens with zero attached hydrogens (tertiary/aromatic N) is 1. The van der Waals surface area contributed by atoms with E-state index in [2.05, 4.69) is 75.2 Å². The molecular weight excluding hydrogens is 360 g/mol. The van der Waals surface area contributed by atoms with Crippen LogP contribution in [0.25, 0.3) is 0 Å². The van der Waals surface area contributed by atoms with Gasteiger partial charge >= 0.3 is 0 Å². The van der Waals surface area contributed by atoms with Gasteiger partial charge in [0.05, 0.1) is 6.10 Å². The van der Waals surface area contributed by atoms with Crippen molar-refractivity contribution in [3.63, 3.8) is 0 Å². The lowest BCUT2D eigenvalue weighted by Gasteiger charge is -2.41. The number of anilines is 1. The third-order valence-electron chi connectivity index (χ3n) is 6.74. The second kappa shape index (κ2) is 8.38. The van der Waals surface area contributed by atoms with Crippen LogP contribution in [0.4, 0.5) is 5.82 Å². The predicted molar refractivity (Wildman–Crippen MR) is 121 cm³/mol. The Kier molecular flexibility index (Phi) is 6.30. The minimum absolute atomic E-state index is 0.205. The molecule has 3 rings (SSSR count). The maximum Gasteiger partial charge on any atom is 0.192 e. The second-order valence-corrected chi connectivity index (χ2v) is 14.7. The SMILES string of the molecule is CC(C)(C)[Si](C)(C)O[C@H](c1ccccc1)[C@H]1CC[C@@H](Cc2ccc(N)nc2)C1. The number of nitrogen functional groups attached to an aromatic ring is 1. The van der Waals surface area contributed by atoms with E-state index in [1.165, 1.54) is 30.4 Å². The highest BCUT2D eigenvalue weighted by atomic mass is 28.4. The summed E-state index contributed by atoms with van der Waals surface area (Å²) in [6, 6.07) is 14.9. The van der Waals surface area contributed by atoms with Crippen LogP contribution in [0, 0.1) is 11.8 Å². The van der Waals surface area contributed by atoms with Crippen molar-refractivity contribution >= 4 is 14.1 Å². The highest BCUT2D eigenvalue weighted by molar-refractivity contribution is 6.74. The first-order valence-electron chi connectivity index (χ1n) is 10.6. The molecule has 0 aliphatic heterocycles. The first-order chi connectivity index (χ1) is 13.2. The van der Waals surface area contributed by atoms with E-state index < -0.39 is 8.32 Å². The van der Waals surface area contributed by atoms with Crippen LogP contribution in [-0.4, -0.2) is 13.3 Å². The van der Waals surface area contributed by atoms with Crippen LogP contribution >= 0.6 is 0 Å². The third kappa shape index (κ3) is 5.03. The smallest absolute Gasteiger partial charge is 0.192 e. The molecule has 1 aromatic carbocycles. The molecule has 2 N–H and O–H groups in total. The number of aromatic nitrogens is 1. The molecule has 0 saturated heterocycles. The Hall–Kier alpha value is -1.65. The molecule has 28 heavy (non-hydrogen) atoms. The Labute approximate surface area is 171 Å². The molecule has 2 aromatic rings. The molecule has 0 amide bonds. The summed E-state index contributed by atoms with van der Waals surface area (Å²) in [6.45, 7) is 11.7. The molecule has 3 nitrogen and oxygen atoms in total. The van der Waals surface area contributed by atoms with Gasteiger partial charge < -0.3 is 10.2 Å². The molecule has 0 spiro atoms. The Morgan fingerprint density at radius 3 is 2.43 bits per heavy atom. The summed E-state index contributed by atoms with van der Waals surface area (Å²) in [6.07, 6.45) is 6.95. The molecule has 0 radical (unpaired) electrons. The lowest BCUT2D eigenvalue weighted by Crippen LogP contribution is -2.43. The summed E-state index contributed by atoms with van der Waals surface area (Å²) in [5.41, 5.74) is 8.36. The van der Waals surface area contributed by atoms with E-state index in [-0.39, 0.29) is 11.1 Å². The minimum Gasteiger partial charge on any atom is -0.410 e. The fourth-order valence-corrected chi connectivity index (χ4v) is 5.35. The molecule has 1 aliphatic rings. The van der Waals surface area contributed by atoms with Crippen molar-refractivity contribution in [1.82, 2.24) is 4.98 Å². The summed E-state index contributed by atoms with van der Waals surface area (Å²) in [7, 11) is -1.84. The van der Waals surface area contributed by atoms with Gasteiger partial charge in [-0.3, -0.25) is 0 Å². The Bertz CT molecular complexity index is 752. The average molecular weight is 397 g/mol. The molecule has 1 saturated carbocycles. The van der Waals surface area contributed by atoms with Crippen LogP contribution in [0.5, 0.6) is 0 Å². The average Bonchev–Trinajstić information content (AvgIpc) is 3.10. The summed E-state index contributed by atoms with van der Waals surface area (Å²) in [5, 5.41) is 0.216. The van der Waals surface area contributed by atoms with Crippen molar-refractivity contribution in [3.8, 4) is 0 Å². The summed E-state index contributed by atoms with van der Waals surface area (Å²) in [4.78, 5) is 4.26. The number of nitrogens with two attached hydrogens (primary N) is 1. The van der Waals surface area contributed by atoms with Gasteiger partial charge in [-0.25, -0.2) is 4.98 Å². The molecule has 4 heteroatoms. The predicted octanol–water partition coefficient (Wildman–Crippen LogP) is 6.39. The molecule has 3 atom stereocenters. The van der Waals surface area contributed by atoms with Gasteiger partial charge in [0.1, 0.15) is 5.82 Å². The van der Waals surface area contributed by atoms with Gasteiger partial charge in [0.25, 0.3) is 0 Å². The lowest BCUT2D eigenvalue weighted by molar-refractivity contribution is 0.118. The summed E-state index contributed by atoms with van der Waals surface area (Å²) >= 11 is 0. The molecule has 1 fully saturated rings. The highest BCUT2D eigenvalue weighted by Crippen LogP contribution is 2.47. The number of pyridine rings is 1. The van der Waals surface area contributed by atoms with Crippen LogP contribution in [0.1, 0.15) is 57.3 Å². The molecule has 0 unspecified atom stereocenters. The zero-order valence-electron chi connectivity index (χ0n) is 18.1. The number of rotatable bonds is 6. The third-order valence-corrected chi connectivity index (χ3v) is 11.2. The van der Waals surface area contributed by atoms with E-state index >= 15 is 0 Å². The van der Waals surface area contributed by atoms with Gasteiger partial charge in [0, 0.05) is 6.20 Å². The standard InChI is InChI=1S/C24H36N2OSi/c1-24(2,3)28(4,5)27-23(20-9-7-6-8-10-20)21-13-11-18(16-21)15-19-12-14-22(25)26-17-19/h6-10,12,14,17-18,21,23H,11,13,15-16H2,1-5H3,(H2,25,26)/t18-,21-,23+/m0/s1. The van der Waals surface area contributed by atoms with E-state index in [1.54, 1.807) is 0 Å². The topological polar surface area (TPSA) is 48.1 Å². The van der Waals surface area contributed by atoms with Gasteiger partial charge in [-0.2, -0.15) is 0 Å². The molecule has 1 aromatic heterocycles. The van der Waals surface area contributed by atoms with Gasteiger partial charge in [-0.15, -0.1) is 0 Å². The number of hydrogen-bond acceptors (Lipinski definition) is 3. The van der Waals surface area contributed by atoms with E-state index in [4.69, 9.17) is 10.2 Å². The van der Waals surface area contributed by atoms with E-state index in [9.17, 15) is 0 Å². The second-order valence-electron chi connectivity index (χ2n) is 9.94. The zero-order chi connectivity index (χ0) is 20.4. The quantitative estimate of drug-likeness (QED) is 0.576. The van der Waals surface area contributed by atoms with Crippen LogP contribution in [-0.2, 0) is 10.8 Å². The van der Waals surface area contributed by atoms with Gasteiger partial charge in [-0.1, -0.05) is 57.2 Å². The molecule has 152 valence electrons. The molecule has 0 bridgehead atoms. The summed E-state index contributed by atoms with van der Waals surface area (Å²) < 4.78 is 7.00. The Balaban J connectivity index is 1.75. The number of benzene rings is 1. The summed E-state index contributed by atoms with van der Waals surface area (Å²) in [5.74, 6) is 1.88. The van der Waals surface area contributed by atoms with Crippen molar-refractivity contribution in [2.24, 2.45) is 11.8 Å². The highest BCUT2D eigenvalue weighted by Gasteiger charge is 2.42. The van der Waals surface area contributed by atoms with Crippen molar-refractivity contribution in [2.45, 2.75) is 70.7 Å². The van der Waals surface area contributed by atoms with E-state index in [0.29, 0.717) is 17.7 Å². The van der Waals surface area contributed by atoms with E-state index in [1.807, 2.05) is 12.3 Å². The maximum atomic E-state index is 7.00. The normalized spacial score (nSPS) is 21.6. The first kappa shape index (κ1) is 21.1. The molecule has 1 aliphatic carbocycles. The number of hydrogen-bond donors (Lipinski definition) is 1. The lowest BCUT2D eigenvalue weighted by atomic mass is 9.92. The monoisotopic (exact) mass is 396 g/mol. The van der Waals surface area contributed by atoms with E-state index in [0.717, 1.165) is 6.42 Å². The van der Waals surface area contributed by atoms with Crippen molar-refractivity contribution in [1.29, 1.82) is 0 Å². The van der Waals surface area contributed by atoms with Crippen molar-refractivity contribution in [2.75, 3.05) is 5.73 Å². The molecule has 1 heterocycles. The Morgan fingerprint density at radius 1 is 1.11 bits per heavy atom. The fraction of sp³-hybridized carbons (Fsp3) is 0.542. The van der Waals surface area contributed by atoms with Crippen LogP contribution in [0.3, 0.4) is 0 Å². The Morgan fingerprint density at radius 2 is 1.82 bits per heavy atom. The van der Waals surface area contributed by atoms with Gasteiger partial charge in [0.15, 0.2) is 8.32 Å². The van der Waals surface area contributed by atoms with Crippen LogP contribution in [0.2, 0.25) is 18.1 Å². The fourth-order valence-electron chi connectivity index (χ4n) is 4.04. The van der Waals surface area contributed by atoms with Crippen LogP contribution < -0.4 is 5.73 Å². The maximum absolute atomic E-state index is 7.00. The first-order valence-corrected chi connectivity index (χ1v) is 13.5. The molecular formula is C24H36N2OSi.